The molecule has 5 heteroatoms. The molecule has 0 aromatic heterocycles. The lowest BCUT2D eigenvalue weighted by Gasteiger charge is -2.24. The summed E-state index contributed by atoms with van der Waals surface area (Å²) in [5.41, 5.74) is 0. The molecule has 0 radical (unpaired) electrons. The summed E-state index contributed by atoms with van der Waals surface area (Å²) in [4.78, 5) is 14.3. The Bertz CT molecular complexity index is 280. The van der Waals surface area contributed by atoms with Crippen LogP contribution in [0, 0.1) is 0 Å². The van der Waals surface area contributed by atoms with Crippen LogP contribution in [0.5, 0.6) is 0 Å². The molecule has 110 valence electrons. The van der Waals surface area contributed by atoms with E-state index < -0.39 is 0 Å². The first-order valence-electron chi connectivity index (χ1n) is 7.52. The molecule has 2 rings (SSSR count). The summed E-state index contributed by atoms with van der Waals surface area (Å²) in [5, 5.41) is 6.46. The summed E-state index contributed by atoms with van der Waals surface area (Å²) in [5.74, 6) is 0.193. The third-order valence-electron chi connectivity index (χ3n) is 4.21. The maximum atomic E-state index is 11.9. The highest BCUT2D eigenvalue weighted by Gasteiger charge is 2.25. The number of nitrogens with zero attached hydrogens (tertiary/aromatic N) is 1. The molecule has 2 N–H and O–H groups in total. The molecule has 2 heterocycles. The predicted octanol–water partition coefficient (Wildman–Crippen LogP) is 0.356. The van der Waals surface area contributed by atoms with Gasteiger partial charge < -0.3 is 15.4 Å². The number of nitrogens with one attached hydrogen (secondary N) is 2. The summed E-state index contributed by atoms with van der Waals surface area (Å²) in [6.45, 7) is 4.73. The van der Waals surface area contributed by atoms with E-state index in [0.717, 1.165) is 39.2 Å². The Kier molecular flexibility index (Phi) is 6.07. The van der Waals surface area contributed by atoms with Gasteiger partial charge in [-0.05, 0) is 38.8 Å². The Labute approximate surface area is 116 Å². The lowest BCUT2D eigenvalue weighted by atomic mass is 10.1. The number of carbonyl (C=O) groups excluding carboxylic acids is 1. The molecule has 0 aliphatic carbocycles. The van der Waals surface area contributed by atoms with Crippen LogP contribution in [0.1, 0.15) is 32.1 Å². The van der Waals surface area contributed by atoms with E-state index in [1.165, 1.54) is 19.3 Å². The summed E-state index contributed by atoms with van der Waals surface area (Å²) in [7, 11) is 1.74. The highest BCUT2D eigenvalue weighted by Crippen LogP contribution is 2.16. The number of hydrogen-bond acceptors (Lipinski definition) is 4. The van der Waals surface area contributed by atoms with Crippen molar-refractivity contribution >= 4 is 5.91 Å². The first-order chi connectivity index (χ1) is 9.29. The van der Waals surface area contributed by atoms with Gasteiger partial charge in [0.05, 0.1) is 6.61 Å². The first kappa shape index (κ1) is 14.8. The third-order valence-corrected chi connectivity index (χ3v) is 4.21. The van der Waals surface area contributed by atoms with Crippen LogP contribution in [-0.4, -0.2) is 62.8 Å². The fourth-order valence-corrected chi connectivity index (χ4v) is 3.09. The second-order valence-corrected chi connectivity index (χ2v) is 5.63. The van der Waals surface area contributed by atoms with Gasteiger partial charge in [-0.1, -0.05) is 0 Å². The van der Waals surface area contributed by atoms with Gasteiger partial charge in [0, 0.05) is 38.7 Å². The van der Waals surface area contributed by atoms with Crippen molar-refractivity contribution in [3.8, 4) is 0 Å². The molecule has 0 aromatic carbocycles. The summed E-state index contributed by atoms with van der Waals surface area (Å²) >= 11 is 0. The van der Waals surface area contributed by atoms with Crippen LogP contribution in [-0.2, 0) is 9.53 Å². The maximum Gasteiger partial charge on any atom is 0.221 e. The summed E-state index contributed by atoms with van der Waals surface area (Å²) < 4.78 is 5.13. The Morgan fingerprint density at radius 1 is 1.42 bits per heavy atom. The average molecular weight is 269 g/mol. The minimum atomic E-state index is 0.193. The Morgan fingerprint density at radius 3 is 3.05 bits per heavy atom. The van der Waals surface area contributed by atoms with Gasteiger partial charge in [-0.25, -0.2) is 0 Å². The topological polar surface area (TPSA) is 53.6 Å². The number of carbonyl (C=O) groups is 1. The molecule has 2 atom stereocenters. The monoisotopic (exact) mass is 269 g/mol. The van der Waals surface area contributed by atoms with Crippen molar-refractivity contribution in [3.63, 3.8) is 0 Å². The van der Waals surface area contributed by atoms with Crippen molar-refractivity contribution in [2.45, 2.75) is 44.2 Å². The lowest BCUT2D eigenvalue weighted by molar-refractivity contribution is -0.121. The van der Waals surface area contributed by atoms with Crippen molar-refractivity contribution < 1.29 is 9.53 Å². The van der Waals surface area contributed by atoms with Gasteiger partial charge in [0.15, 0.2) is 0 Å². The van der Waals surface area contributed by atoms with Crippen molar-refractivity contribution in [1.82, 2.24) is 15.5 Å². The van der Waals surface area contributed by atoms with Gasteiger partial charge in [0.1, 0.15) is 0 Å². The van der Waals surface area contributed by atoms with Crippen LogP contribution in [0.15, 0.2) is 0 Å². The number of hydrogen-bond donors (Lipinski definition) is 2. The Morgan fingerprint density at radius 2 is 2.32 bits per heavy atom. The molecule has 0 bridgehead atoms. The van der Waals surface area contributed by atoms with Crippen LogP contribution < -0.4 is 10.6 Å². The molecule has 19 heavy (non-hydrogen) atoms. The quantitative estimate of drug-likeness (QED) is 0.700. The zero-order chi connectivity index (χ0) is 13.5. The van der Waals surface area contributed by atoms with Gasteiger partial charge in [0.2, 0.25) is 5.91 Å². The zero-order valence-corrected chi connectivity index (χ0v) is 12.0. The van der Waals surface area contributed by atoms with E-state index in [0.29, 0.717) is 18.5 Å². The van der Waals surface area contributed by atoms with E-state index in [9.17, 15) is 4.79 Å². The molecule has 0 aromatic rings. The molecule has 1 amide bonds. The van der Waals surface area contributed by atoms with Crippen LogP contribution in [0.3, 0.4) is 0 Å². The van der Waals surface area contributed by atoms with Crippen molar-refractivity contribution in [3.05, 3.63) is 0 Å². The van der Waals surface area contributed by atoms with E-state index in [-0.39, 0.29) is 5.91 Å². The molecule has 5 nitrogen and oxygen atoms in total. The molecule has 2 unspecified atom stereocenters. The van der Waals surface area contributed by atoms with Gasteiger partial charge >= 0.3 is 0 Å². The van der Waals surface area contributed by atoms with E-state index >= 15 is 0 Å². The van der Waals surface area contributed by atoms with Crippen molar-refractivity contribution in [2.24, 2.45) is 0 Å². The lowest BCUT2D eigenvalue weighted by Crippen LogP contribution is -2.42. The number of amides is 1. The second kappa shape index (κ2) is 7.82. The molecule has 0 spiro atoms. The fraction of sp³-hybridized carbons (Fsp3) is 0.929. The number of likely N-dealkylation sites (tertiary alicyclic amines) is 1. The SMILES string of the molecule is COCCN1CCCC1CNC(=O)CC1CCCN1. The largest absolute Gasteiger partial charge is 0.383 e. The third kappa shape index (κ3) is 4.75. The molecule has 2 saturated heterocycles. The fourth-order valence-electron chi connectivity index (χ4n) is 3.09. The Hall–Kier alpha value is -0.650. The van der Waals surface area contributed by atoms with E-state index in [1.807, 2.05) is 0 Å². The van der Waals surface area contributed by atoms with Gasteiger partial charge in [-0.15, -0.1) is 0 Å². The first-order valence-corrected chi connectivity index (χ1v) is 7.52. The number of methoxy groups -OCH3 is 1. The van der Waals surface area contributed by atoms with Crippen molar-refractivity contribution in [2.75, 3.05) is 39.9 Å². The molecular formula is C14H27N3O2. The van der Waals surface area contributed by atoms with Crippen LogP contribution in [0.25, 0.3) is 0 Å². The normalized spacial score (nSPS) is 27.8. The van der Waals surface area contributed by atoms with E-state index in [1.54, 1.807) is 7.11 Å². The standard InChI is InChI=1S/C14H27N3O2/c1-19-9-8-17-7-3-5-13(17)11-16-14(18)10-12-4-2-6-15-12/h12-13,15H,2-11H2,1H3,(H,16,18). The van der Waals surface area contributed by atoms with Crippen LogP contribution in [0.2, 0.25) is 0 Å². The molecule has 0 saturated carbocycles. The zero-order valence-electron chi connectivity index (χ0n) is 12.0. The van der Waals surface area contributed by atoms with Gasteiger partial charge in [0.25, 0.3) is 0 Å². The minimum Gasteiger partial charge on any atom is -0.383 e. The minimum absolute atomic E-state index is 0.193. The molecule has 2 aliphatic rings. The number of rotatable bonds is 7. The summed E-state index contributed by atoms with van der Waals surface area (Å²) in [6, 6.07) is 0.892. The molecule has 2 fully saturated rings. The highest BCUT2D eigenvalue weighted by atomic mass is 16.5. The smallest absolute Gasteiger partial charge is 0.221 e. The second-order valence-electron chi connectivity index (χ2n) is 5.63. The van der Waals surface area contributed by atoms with Gasteiger partial charge in [-0.3, -0.25) is 9.69 Å². The predicted molar refractivity (Wildman–Crippen MR) is 75.1 cm³/mol. The molecular weight excluding hydrogens is 242 g/mol. The van der Waals surface area contributed by atoms with Crippen LogP contribution in [0.4, 0.5) is 0 Å². The van der Waals surface area contributed by atoms with Crippen LogP contribution >= 0.6 is 0 Å². The van der Waals surface area contributed by atoms with E-state index in [4.69, 9.17) is 4.74 Å². The maximum absolute atomic E-state index is 11.9. The Balaban J connectivity index is 1.64. The summed E-state index contributed by atoms with van der Waals surface area (Å²) in [6.07, 6.45) is 5.38. The number of ether oxygens (including phenoxy) is 1. The van der Waals surface area contributed by atoms with Crippen molar-refractivity contribution in [1.29, 1.82) is 0 Å². The highest BCUT2D eigenvalue weighted by molar-refractivity contribution is 5.76. The van der Waals surface area contributed by atoms with E-state index in [2.05, 4.69) is 15.5 Å². The van der Waals surface area contributed by atoms with Gasteiger partial charge in [-0.2, -0.15) is 0 Å². The molecule has 2 aliphatic heterocycles. The average Bonchev–Trinajstić information content (AvgIpc) is 3.05.